The maximum absolute atomic E-state index is 5.39. The second kappa shape index (κ2) is 5.13. The van der Waals surface area contributed by atoms with Gasteiger partial charge in [-0.15, -0.1) is 0 Å². The van der Waals surface area contributed by atoms with Gasteiger partial charge in [-0.2, -0.15) is 0 Å². The van der Waals surface area contributed by atoms with Crippen molar-refractivity contribution >= 4 is 0 Å². The number of piperidine rings is 1. The summed E-state index contributed by atoms with van der Waals surface area (Å²) in [4.78, 5) is 2.60. The van der Waals surface area contributed by atoms with E-state index in [0.717, 1.165) is 19.1 Å². The Hall–Kier alpha value is -0.0800. The molecule has 2 aliphatic heterocycles. The number of nitrogens with zero attached hydrogens (tertiary/aromatic N) is 1. The van der Waals surface area contributed by atoms with Crippen molar-refractivity contribution in [2.75, 3.05) is 32.8 Å². The Morgan fingerprint density at radius 3 is 2.64 bits per heavy atom. The first-order valence-corrected chi connectivity index (χ1v) is 5.98. The van der Waals surface area contributed by atoms with Gasteiger partial charge >= 0.3 is 0 Å². The summed E-state index contributed by atoms with van der Waals surface area (Å²) < 4.78 is 5.39. The van der Waals surface area contributed by atoms with Crippen LogP contribution in [0.15, 0.2) is 0 Å². The molecule has 2 heteroatoms. The molecule has 2 saturated heterocycles. The average molecular weight is 196 g/mol. The van der Waals surface area contributed by atoms with Crippen LogP contribution in [0.5, 0.6) is 0 Å². The van der Waals surface area contributed by atoms with Gasteiger partial charge in [0, 0.05) is 13.2 Å². The molecule has 2 heterocycles. The summed E-state index contributed by atoms with van der Waals surface area (Å²) in [6, 6.07) is 0. The molecular weight excluding hydrogens is 174 g/mol. The van der Waals surface area contributed by atoms with Gasteiger partial charge in [-0.1, -0.05) is 6.92 Å². The molecule has 81 valence electrons. The van der Waals surface area contributed by atoms with Gasteiger partial charge in [0.2, 0.25) is 0 Å². The highest BCUT2D eigenvalue weighted by Crippen LogP contribution is 2.20. The number of ether oxygens (including phenoxy) is 1. The summed E-state index contributed by atoms with van der Waals surface area (Å²) >= 11 is 0. The van der Waals surface area contributed by atoms with Crippen molar-refractivity contribution < 1.29 is 4.74 Å². The zero-order chi connectivity index (χ0) is 9.80. The molecule has 1 atom stereocenters. The second-order valence-corrected chi connectivity index (χ2v) is 4.80. The van der Waals surface area contributed by atoms with Crippen molar-refractivity contribution in [3.8, 4) is 0 Å². The minimum absolute atomic E-state index is 0.709. The molecule has 2 fully saturated rings. The highest BCUT2D eigenvalue weighted by atomic mass is 16.5. The SMILES string of the molecule is [CH2]C1CCN(CCC2CCOC2)CC1. The lowest BCUT2D eigenvalue weighted by Crippen LogP contribution is -2.34. The largest absolute Gasteiger partial charge is 0.381 e. The van der Waals surface area contributed by atoms with Gasteiger partial charge in [0.25, 0.3) is 0 Å². The molecule has 0 aromatic rings. The predicted molar refractivity (Wildman–Crippen MR) is 58.1 cm³/mol. The number of hydrogen-bond donors (Lipinski definition) is 0. The molecule has 2 rings (SSSR count). The van der Waals surface area contributed by atoms with E-state index in [1.807, 2.05) is 0 Å². The fourth-order valence-electron chi connectivity index (χ4n) is 2.39. The van der Waals surface area contributed by atoms with Gasteiger partial charge in [-0.25, -0.2) is 0 Å². The minimum Gasteiger partial charge on any atom is -0.381 e. The van der Waals surface area contributed by atoms with Crippen molar-refractivity contribution in [3.05, 3.63) is 6.92 Å². The number of likely N-dealkylation sites (tertiary alicyclic amines) is 1. The molecule has 0 bridgehead atoms. The van der Waals surface area contributed by atoms with Crippen LogP contribution in [-0.4, -0.2) is 37.7 Å². The normalized spacial score (nSPS) is 31.1. The Bertz CT molecular complexity index is 158. The van der Waals surface area contributed by atoms with Crippen molar-refractivity contribution in [3.63, 3.8) is 0 Å². The third-order valence-electron chi connectivity index (χ3n) is 3.58. The van der Waals surface area contributed by atoms with Crippen LogP contribution in [0.3, 0.4) is 0 Å². The van der Waals surface area contributed by atoms with Gasteiger partial charge in [0.15, 0.2) is 0 Å². The van der Waals surface area contributed by atoms with Crippen molar-refractivity contribution in [2.24, 2.45) is 11.8 Å². The monoisotopic (exact) mass is 196 g/mol. The van der Waals surface area contributed by atoms with E-state index in [2.05, 4.69) is 11.8 Å². The Kier molecular flexibility index (Phi) is 3.82. The first kappa shape index (κ1) is 10.4. The highest BCUT2D eigenvalue weighted by molar-refractivity contribution is 4.74. The van der Waals surface area contributed by atoms with Crippen LogP contribution in [-0.2, 0) is 4.74 Å². The van der Waals surface area contributed by atoms with Gasteiger partial charge in [-0.05, 0) is 57.2 Å². The van der Waals surface area contributed by atoms with Gasteiger partial charge in [0.1, 0.15) is 0 Å². The summed E-state index contributed by atoms with van der Waals surface area (Å²) in [5.74, 6) is 1.55. The lowest BCUT2D eigenvalue weighted by molar-refractivity contribution is 0.166. The Morgan fingerprint density at radius 2 is 2.00 bits per heavy atom. The van der Waals surface area contributed by atoms with Crippen LogP contribution < -0.4 is 0 Å². The highest BCUT2D eigenvalue weighted by Gasteiger charge is 2.19. The molecular formula is C12H22NO. The Balaban J connectivity index is 1.60. The summed E-state index contributed by atoms with van der Waals surface area (Å²) in [6.45, 7) is 9.93. The van der Waals surface area contributed by atoms with E-state index in [1.54, 1.807) is 0 Å². The van der Waals surface area contributed by atoms with Crippen LogP contribution in [0.25, 0.3) is 0 Å². The molecule has 0 aliphatic carbocycles. The van der Waals surface area contributed by atoms with Gasteiger partial charge < -0.3 is 9.64 Å². The molecule has 0 N–H and O–H groups in total. The molecule has 14 heavy (non-hydrogen) atoms. The predicted octanol–water partition coefficient (Wildman–Crippen LogP) is 1.96. The van der Waals surface area contributed by atoms with Crippen molar-refractivity contribution in [1.29, 1.82) is 0 Å². The van der Waals surface area contributed by atoms with E-state index >= 15 is 0 Å². The van der Waals surface area contributed by atoms with Crippen LogP contribution in [0.2, 0.25) is 0 Å². The van der Waals surface area contributed by atoms with E-state index in [-0.39, 0.29) is 0 Å². The second-order valence-electron chi connectivity index (χ2n) is 4.80. The molecule has 0 aromatic carbocycles. The van der Waals surface area contributed by atoms with E-state index < -0.39 is 0 Å². The summed E-state index contributed by atoms with van der Waals surface area (Å²) in [5.41, 5.74) is 0. The molecule has 1 radical (unpaired) electrons. The quantitative estimate of drug-likeness (QED) is 0.684. The maximum Gasteiger partial charge on any atom is 0.0495 e. The van der Waals surface area contributed by atoms with E-state index in [4.69, 9.17) is 4.74 Å². The first-order chi connectivity index (χ1) is 6.84. The maximum atomic E-state index is 5.39. The summed E-state index contributed by atoms with van der Waals surface area (Å²) in [5, 5.41) is 0. The topological polar surface area (TPSA) is 12.5 Å². The van der Waals surface area contributed by atoms with Gasteiger partial charge in [-0.3, -0.25) is 0 Å². The minimum atomic E-state index is 0.709. The average Bonchev–Trinajstić information content (AvgIpc) is 2.70. The first-order valence-electron chi connectivity index (χ1n) is 5.98. The third-order valence-corrected chi connectivity index (χ3v) is 3.58. The zero-order valence-electron chi connectivity index (χ0n) is 9.08. The third kappa shape index (κ3) is 2.96. The van der Waals surface area contributed by atoms with E-state index in [1.165, 1.54) is 45.3 Å². The fraction of sp³-hybridized carbons (Fsp3) is 0.917. The van der Waals surface area contributed by atoms with Gasteiger partial charge in [0.05, 0.1) is 0 Å². The standard InChI is InChI=1S/C12H22NO/c1-11-2-6-13(7-3-11)8-4-12-5-9-14-10-12/h11-12H,1-10H2. The molecule has 2 nitrogen and oxygen atoms in total. The number of hydrogen-bond acceptors (Lipinski definition) is 2. The van der Waals surface area contributed by atoms with Crippen LogP contribution in [0.1, 0.15) is 25.7 Å². The fourth-order valence-corrected chi connectivity index (χ4v) is 2.39. The van der Waals surface area contributed by atoms with Crippen LogP contribution >= 0.6 is 0 Å². The summed E-state index contributed by atoms with van der Waals surface area (Å²) in [6.07, 6.45) is 5.20. The van der Waals surface area contributed by atoms with Crippen LogP contribution in [0, 0.1) is 18.8 Å². The van der Waals surface area contributed by atoms with Crippen molar-refractivity contribution in [2.45, 2.75) is 25.7 Å². The lowest BCUT2D eigenvalue weighted by atomic mass is 9.98. The molecule has 0 spiro atoms. The summed E-state index contributed by atoms with van der Waals surface area (Å²) in [7, 11) is 0. The molecule has 2 aliphatic rings. The number of rotatable bonds is 3. The zero-order valence-corrected chi connectivity index (χ0v) is 9.08. The van der Waals surface area contributed by atoms with Crippen molar-refractivity contribution in [1.82, 2.24) is 4.90 Å². The van der Waals surface area contributed by atoms with Crippen LogP contribution in [0.4, 0.5) is 0 Å². The molecule has 1 unspecified atom stereocenters. The lowest BCUT2D eigenvalue weighted by Gasteiger charge is -2.30. The smallest absolute Gasteiger partial charge is 0.0495 e. The molecule has 0 aromatic heterocycles. The molecule has 0 saturated carbocycles. The van der Waals surface area contributed by atoms with E-state index in [0.29, 0.717) is 5.92 Å². The van der Waals surface area contributed by atoms with E-state index in [9.17, 15) is 0 Å². The Morgan fingerprint density at radius 1 is 1.21 bits per heavy atom. The molecule has 0 amide bonds. The Labute approximate surface area is 87.6 Å².